The Bertz CT molecular complexity index is 330. The van der Waals surface area contributed by atoms with Crippen LogP contribution in [0.15, 0.2) is 12.4 Å². The molecule has 0 aliphatic heterocycles. The predicted molar refractivity (Wildman–Crippen MR) is 60.6 cm³/mol. The van der Waals surface area contributed by atoms with Gasteiger partial charge in [0.15, 0.2) is 0 Å². The summed E-state index contributed by atoms with van der Waals surface area (Å²) in [5.74, 6) is 0. The normalized spacial score (nSPS) is 23.3. The number of aryl methyl sites for hydroxylation is 1. The zero-order chi connectivity index (χ0) is 10.8. The highest BCUT2D eigenvalue weighted by atomic mass is 16.3. The first-order chi connectivity index (χ1) is 7.16. The van der Waals surface area contributed by atoms with Gasteiger partial charge in [0.05, 0.1) is 6.10 Å². The van der Waals surface area contributed by atoms with E-state index >= 15 is 0 Å². The molecule has 1 aromatic heterocycles. The van der Waals surface area contributed by atoms with Crippen molar-refractivity contribution in [2.75, 3.05) is 0 Å². The van der Waals surface area contributed by atoms with Gasteiger partial charge in [-0.1, -0.05) is 6.42 Å². The zero-order valence-electron chi connectivity index (χ0n) is 9.32. The average molecular weight is 208 g/mol. The summed E-state index contributed by atoms with van der Waals surface area (Å²) in [5, 5.41) is 9.34. The highest BCUT2D eigenvalue weighted by Gasteiger charge is 2.17. The lowest BCUT2D eigenvalue weighted by Gasteiger charge is -2.08. The Morgan fingerprint density at radius 3 is 3.07 bits per heavy atom. The molecule has 15 heavy (non-hydrogen) atoms. The summed E-state index contributed by atoms with van der Waals surface area (Å²) >= 11 is 0. The van der Waals surface area contributed by atoms with Gasteiger partial charge in [0.1, 0.15) is 0 Å². The van der Waals surface area contributed by atoms with Crippen LogP contribution < -0.4 is 5.73 Å². The molecule has 0 amide bonds. The quantitative estimate of drug-likeness (QED) is 0.725. The third-order valence-electron chi connectivity index (χ3n) is 3.08. The summed E-state index contributed by atoms with van der Waals surface area (Å²) in [6.45, 7) is 2.48. The Morgan fingerprint density at radius 2 is 2.33 bits per heavy atom. The predicted octanol–water partition coefficient (Wildman–Crippen LogP) is 1.60. The molecule has 2 atom stereocenters. The fraction of sp³-hybridized carbons (Fsp3) is 0.667. The molecule has 1 aliphatic carbocycles. The lowest BCUT2D eigenvalue weighted by Crippen LogP contribution is -2.11. The standard InChI is InChI=1S/C12H20N2O/c1-9(15)6-14-7-10-4-2-3-5-12(13)11(10)8-14/h7-9,12,15H,2-6,13H2,1H3. The Balaban J connectivity index is 2.21. The number of fused-ring (bicyclic) bond motifs is 1. The van der Waals surface area contributed by atoms with E-state index < -0.39 is 0 Å². The van der Waals surface area contributed by atoms with Crippen molar-refractivity contribution < 1.29 is 5.11 Å². The second-order valence-electron chi connectivity index (χ2n) is 4.64. The summed E-state index contributed by atoms with van der Waals surface area (Å²) in [4.78, 5) is 0. The molecule has 3 nitrogen and oxygen atoms in total. The van der Waals surface area contributed by atoms with Crippen LogP contribution >= 0.6 is 0 Å². The van der Waals surface area contributed by atoms with Crippen LogP contribution in [0.5, 0.6) is 0 Å². The Kier molecular flexibility index (Phi) is 3.12. The Hall–Kier alpha value is -0.800. The molecular formula is C12H20N2O. The van der Waals surface area contributed by atoms with E-state index in [1.165, 1.54) is 24.0 Å². The summed E-state index contributed by atoms with van der Waals surface area (Å²) in [6, 6.07) is 0.192. The third kappa shape index (κ3) is 2.41. The van der Waals surface area contributed by atoms with Gasteiger partial charge in [0.2, 0.25) is 0 Å². The SMILES string of the molecule is CC(O)Cn1cc2c(c1)C(N)CCCC2. The molecule has 0 aromatic carbocycles. The van der Waals surface area contributed by atoms with Crippen LogP contribution in [0.3, 0.4) is 0 Å². The first kappa shape index (κ1) is 10.7. The molecule has 0 saturated heterocycles. The molecule has 0 spiro atoms. The second-order valence-corrected chi connectivity index (χ2v) is 4.64. The molecule has 3 N–H and O–H groups in total. The number of aliphatic hydroxyl groups is 1. The second kappa shape index (κ2) is 4.37. The van der Waals surface area contributed by atoms with Gasteiger partial charge in [0, 0.05) is 25.0 Å². The van der Waals surface area contributed by atoms with Crippen LogP contribution in [-0.2, 0) is 13.0 Å². The van der Waals surface area contributed by atoms with E-state index in [2.05, 4.69) is 17.0 Å². The van der Waals surface area contributed by atoms with Gasteiger partial charge in [-0.15, -0.1) is 0 Å². The first-order valence-corrected chi connectivity index (χ1v) is 5.79. The first-order valence-electron chi connectivity index (χ1n) is 5.79. The van der Waals surface area contributed by atoms with E-state index in [9.17, 15) is 5.11 Å². The van der Waals surface area contributed by atoms with Crippen molar-refractivity contribution in [3.8, 4) is 0 Å². The van der Waals surface area contributed by atoms with Crippen LogP contribution in [0, 0.1) is 0 Å². The topological polar surface area (TPSA) is 51.2 Å². The molecule has 0 saturated carbocycles. The zero-order valence-corrected chi connectivity index (χ0v) is 9.32. The van der Waals surface area contributed by atoms with Crippen LogP contribution in [0.1, 0.15) is 43.4 Å². The summed E-state index contributed by atoms with van der Waals surface area (Å²) in [5.41, 5.74) is 8.78. The molecule has 84 valence electrons. The molecule has 1 aliphatic rings. The molecule has 1 aromatic rings. The lowest BCUT2D eigenvalue weighted by atomic mass is 10.1. The minimum absolute atomic E-state index is 0.192. The lowest BCUT2D eigenvalue weighted by molar-refractivity contribution is 0.173. The summed E-state index contributed by atoms with van der Waals surface area (Å²) in [6.07, 6.45) is 8.65. The van der Waals surface area contributed by atoms with E-state index in [4.69, 9.17) is 5.73 Å². The minimum Gasteiger partial charge on any atom is -0.392 e. The fourth-order valence-corrected chi connectivity index (χ4v) is 2.36. The monoisotopic (exact) mass is 208 g/mol. The van der Waals surface area contributed by atoms with Gasteiger partial charge in [0.25, 0.3) is 0 Å². The van der Waals surface area contributed by atoms with E-state index in [1.54, 1.807) is 0 Å². The molecule has 0 bridgehead atoms. The highest BCUT2D eigenvalue weighted by molar-refractivity contribution is 5.28. The maximum absolute atomic E-state index is 9.34. The number of hydrogen-bond acceptors (Lipinski definition) is 2. The van der Waals surface area contributed by atoms with E-state index in [-0.39, 0.29) is 12.1 Å². The van der Waals surface area contributed by atoms with Gasteiger partial charge in [-0.3, -0.25) is 0 Å². The van der Waals surface area contributed by atoms with Crippen molar-refractivity contribution >= 4 is 0 Å². The van der Waals surface area contributed by atoms with Gasteiger partial charge < -0.3 is 15.4 Å². The van der Waals surface area contributed by atoms with E-state index in [0.29, 0.717) is 6.54 Å². The molecule has 2 rings (SSSR count). The van der Waals surface area contributed by atoms with Gasteiger partial charge >= 0.3 is 0 Å². The average Bonchev–Trinajstić information content (AvgIpc) is 2.47. The highest BCUT2D eigenvalue weighted by Crippen LogP contribution is 2.27. The molecular weight excluding hydrogens is 188 g/mol. The Labute approximate surface area is 90.9 Å². The van der Waals surface area contributed by atoms with Crippen molar-refractivity contribution in [1.82, 2.24) is 4.57 Å². The smallest absolute Gasteiger partial charge is 0.0690 e. The van der Waals surface area contributed by atoms with Crippen molar-refractivity contribution in [2.24, 2.45) is 5.73 Å². The Morgan fingerprint density at radius 1 is 1.53 bits per heavy atom. The maximum Gasteiger partial charge on any atom is 0.0690 e. The van der Waals surface area contributed by atoms with Crippen LogP contribution in [0.4, 0.5) is 0 Å². The van der Waals surface area contributed by atoms with Crippen LogP contribution in [0.2, 0.25) is 0 Å². The minimum atomic E-state index is -0.294. The summed E-state index contributed by atoms with van der Waals surface area (Å²) < 4.78 is 2.07. The number of aromatic nitrogens is 1. The van der Waals surface area contributed by atoms with Gasteiger partial charge in [-0.05, 0) is 37.3 Å². The van der Waals surface area contributed by atoms with E-state index in [1.807, 2.05) is 6.92 Å². The maximum atomic E-state index is 9.34. The molecule has 0 radical (unpaired) electrons. The van der Waals surface area contributed by atoms with Crippen LogP contribution in [-0.4, -0.2) is 15.8 Å². The van der Waals surface area contributed by atoms with Crippen molar-refractivity contribution in [2.45, 2.75) is 51.3 Å². The number of rotatable bonds is 2. The molecule has 2 unspecified atom stereocenters. The third-order valence-corrected chi connectivity index (χ3v) is 3.08. The summed E-state index contributed by atoms with van der Waals surface area (Å²) in [7, 11) is 0. The van der Waals surface area contributed by atoms with Crippen molar-refractivity contribution in [1.29, 1.82) is 0 Å². The number of nitrogens with zero attached hydrogens (tertiary/aromatic N) is 1. The number of aliphatic hydroxyl groups excluding tert-OH is 1. The van der Waals surface area contributed by atoms with Gasteiger partial charge in [-0.25, -0.2) is 0 Å². The molecule has 1 heterocycles. The number of hydrogen-bond donors (Lipinski definition) is 2. The largest absolute Gasteiger partial charge is 0.392 e. The van der Waals surface area contributed by atoms with Crippen molar-refractivity contribution in [3.05, 3.63) is 23.5 Å². The van der Waals surface area contributed by atoms with Crippen LogP contribution in [0.25, 0.3) is 0 Å². The number of nitrogens with two attached hydrogens (primary N) is 1. The van der Waals surface area contributed by atoms with E-state index in [0.717, 1.165) is 12.8 Å². The fourth-order valence-electron chi connectivity index (χ4n) is 2.36. The van der Waals surface area contributed by atoms with Gasteiger partial charge in [-0.2, -0.15) is 0 Å². The molecule has 0 fully saturated rings. The molecule has 3 heteroatoms. The van der Waals surface area contributed by atoms with Crippen molar-refractivity contribution in [3.63, 3.8) is 0 Å².